The van der Waals surface area contributed by atoms with Crippen molar-refractivity contribution in [3.63, 3.8) is 0 Å². The number of nitrogens with zero attached hydrogens (tertiary/aromatic N) is 2. The van der Waals surface area contributed by atoms with E-state index in [1.165, 1.54) is 12.3 Å². The maximum Gasteiger partial charge on any atom is 0.272 e. The number of anilines is 3. The number of alkyl halides is 2. The Balaban J connectivity index is 1.88. The van der Waals surface area contributed by atoms with E-state index < -0.39 is 18.9 Å². The van der Waals surface area contributed by atoms with E-state index in [0.717, 1.165) is 0 Å². The fourth-order valence-corrected chi connectivity index (χ4v) is 2.38. The summed E-state index contributed by atoms with van der Waals surface area (Å²) in [5, 5.41) is 9.76. The van der Waals surface area contributed by atoms with Gasteiger partial charge in [-0.15, -0.1) is 0 Å². The number of carbonyl (C=O) groups is 1. The predicted molar refractivity (Wildman–Crippen MR) is 96.0 cm³/mol. The van der Waals surface area contributed by atoms with Crippen molar-refractivity contribution < 1.29 is 18.3 Å². The number of nitrogens with two attached hydrogens (primary N) is 2. The Bertz CT molecular complexity index is 943. The largest absolute Gasteiger partial charge is 0.472 e. The van der Waals surface area contributed by atoms with Gasteiger partial charge in [-0.05, 0) is 18.2 Å². The molecule has 27 heavy (non-hydrogen) atoms. The molecular weight excluding hydrogens is 358 g/mol. The van der Waals surface area contributed by atoms with Crippen LogP contribution in [0.25, 0.3) is 11.3 Å². The van der Waals surface area contributed by atoms with E-state index in [9.17, 15) is 13.6 Å². The third-order valence-electron chi connectivity index (χ3n) is 3.57. The lowest BCUT2D eigenvalue weighted by Crippen LogP contribution is -2.13. The Kier molecular flexibility index (Phi) is 5.15. The van der Waals surface area contributed by atoms with Crippen LogP contribution in [0.1, 0.15) is 10.4 Å². The SMILES string of the molecule is NC(=O)c1c(Nc2ccnc(OCC(F)F)c2)n[nH]c1-c1ccc(N)cc1. The smallest absolute Gasteiger partial charge is 0.272 e. The first-order valence-corrected chi connectivity index (χ1v) is 7.82. The van der Waals surface area contributed by atoms with E-state index in [4.69, 9.17) is 16.2 Å². The molecule has 0 bridgehead atoms. The highest BCUT2D eigenvalue weighted by Gasteiger charge is 2.20. The van der Waals surface area contributed by atoms with Gasteiger partial charge in [-0.3, -0.25) is 9.89 Å². The Morgan fingerprint density at radius 2 is 2.00 bits per heavy atom. The molecule has 2 aromatic heterocycles. The Labute approximate surface area is 152 Å². The molecule has 1 amide bonds. The standard InChI is InChI=1S/C17H16F2N6O2/c18-12(19)8-27-13-7-11(5-6-22-13)23-17-14(16(21)26)15(24-25-17)9-1-3-10(20)4-2-9/h1-7,12H,8,20H2,(H2,21,26)(H2,22,23,24,25). The topological polar surface area (TPSA) is 132 Å². The van der Waals surface area contributed by atoms with Gasteiger partial charge in [-0.2, -0.15) is 5.10 Å². The minimum atomic E-state index is -2.61. The summed E-state index contributed by atoms with van der Waals surface area (Å²) in [6.45, 7) is -0.771. The molecule has 0 spiro atoms. The van der Waals surface area contributed by atoms with Crippen molar-refractivity contribution in [2.75, 3.05) is 17.7 Å². The molecular formula is C17H16F2N6O2. The molecule has 1 aromatic carbocycles. The number of primary amides is 1. The highest BCUT2D eigenvalue weighted by molar-refractivity contribution is 6.04. The van der Waals surface area contributed by atoms with Crippen molar-refractivity contribution in [3.05, 3.63) is 48.2 Å². The second kappa shape index (κ2) is 7.68. The van der Waals surface area contributed by atoms with Crippen molar-refractivity contribution in [2.24, 2.45) is 5.73 Å². The first kappa shape index (κ1) is 18.1. The molecule has 0 saturated carbocycles. The van der Waals surface area contributed by atoms with Crippen molar-refractivity contribution in [2.45, 2.75) is 6.43 Å². The number of carbonyl (C=O) groups excluding carboxylic acids is 1. The van der Waals surface area contributed by atoms with Crippen LogP contribution in [0, 0.1) is 0 Å². The number of aromatic nitrogens is 3. The van der Waals surface area contributed by atoms with Crippen LogP contribution in [0.2, 0.25) is 0 Å². The second-order valence-corrected chi connectivity index (χ2v) is 5.52. The van der Waals surface area contributed by atoms with E-state index >= 15 is 0 Å². The number of amides is 1. The summed E-state index contributed by atoms with van der Waals surface area (Å²) in [6, 6.07) is 9.79. The molecule has 8 nitrogen and oxygen atoms in total. The van der Waals surface area contributed by atoms with Gasteiger partial charge in [0.05, 0.1) is 5.69 Å². The maximum atomic E-state index is 12.3. The van der Waals surface area contributed by atoms with Gasteiger partial charge >= 0.3 is 0 Å². The minimum Gasteiger partial charge on any atom is -0.472 e. The fourth-order valence-electron chi connectivity index (χ4n) is 2.38. The molecule has 0 fully saturated rings. The number of benzene rings is 1. The summed E-state index contributed by atoms with van der Waals surface area (Å²) < 4.78 is 29.4. The van der Waals surface area contributed by atoms with Crippen molar-refractivity contribution in [1.82, 2.24) is 15.2 Å². The van der Waals surface area contributed by atoms with Gasteiger partial charge in [0.15, 0.2) is 12.4 Å². The van der Waals surface area contributed by atoms with Crippen molar-refractivity contribution in [1.29, 1.82) is 0 Å². The van der Waals surface area contributed by atoms with Crippen LogP contribution in [0.3, 0.4) is 0 Å². The fraction of sp³-hybridized carbons (Fsp3) is 0.118. The van der Waals surface area contributed by atoms with Crippen LogP contribution in [0.5, 0.6) is 5.88 Å². The van der Waals surface area contributed by atoms with Gasteiger partial charge in [-0.1, -0.05) is 12.1 Å². The Hall–Kier alpha value is -3.69. The summed E-state index contributed by atoms with van der Waals surface area (Å²) in [6.07, 6.45) is -1.24. The maximum absolute atomic E-state index is 12.3. The summed E-state index contributed by atoms with van der Waals surface area (Å²) in [7, 11) is 0. The van der Waals surface area contributed by atoms with Crippen LogP contribution in [-0.4, -0.2) is 34.1 Å². The molecule has 0 radical (unpaired) electrons. The van der Waals surface area contributed by atoms with Gasteiger partial charge in [0.2, 0.25) is 5.88 Å². The van der Waals surface area contributed by atoms with Crippen LogP contribution < -0.4 is 21.5 Å². The predicted octanol–water partition coefficient (Wildman–Crippen LogP) is 2.54. The van der Waals surface area contributed by atoms with Gasteiger partial charge in [0.1, 0.15) is 5.56 Å². The molecule has 0 aliphatic heterocycles. The first-order valence-electron chi connectivity index (χ1n) is 7.82. The zero-order valence-electron chi connectivity index (χ0n) is 13.9. The van der Waals surface area contributed by atoms with Crippen LogP contribution in [0.15, 0.2) is 42.6 Å². The minimum absolute atomic E-state index is 0.00946. The summed E-state index contributed by atoms with van der Waals surface area (Å²) in [5.74, 6) is -0.503. The van der Waals surface area contributed by atoms with Gasteiger partial charge < -0.3 is 21.5 Å². The monoisotopic (exact) mass is 374 g/mol. The molecule has 0 atom stereocenters. The normalized spacial score (nSPS) is 10.8. The molecule has 140 valence electrons. The average molecular weight is 374 g/mol. The van der Waals surface area contributed by atoms with Crippen molar-refractivity contribution >= 4 is 23.1 Å². The number of hydrogen-bond acceptors (Lipinski definition) is 6. The number of nitrogen functional groups attached to an aromatic ring is 1. The zero-order chi connectivity index (χ0) is 19.4. The molecule has 10 heteroatoms. The number of ether oxygens (including phenoxy) is 1. The number of rotatable bonds is 7. The Morgan fingerprint density at radius 1 is 1.26 bits per heavy atom. The van der Waals surface area contributed by atoms with Crippen LogP contribution in [0.4, 0.5) is 26.0 Å². The number of H-pyrrole nitrogens is 1. The second-order valence-electron chi connectivity index (χ2n) is 5.52. The molecule has 2 heterocycles. The third kappa shape index (κ3) is 4.29. The molecule has 0 saturated heterocycles. The van der Waals surface area contributed by atoms with Gasteiger partial charge in [0, 0.05) is 29.2 Å². The number of nitrogens with one attached hydrogen (secondary N) is 2. The van der Waals surface area contributed by atoms with Crippen molar-refractivity contribution in [3.8, 4) is 17.1 Å². The molecule has 6 N–H and O–H groups in total. The third-order valence-corrected chi connectivity index (χ3v) is 3.57. The molecule has 0 aliphatic rings. The van der Waals surface area contributed by atoms with Crippen LogP contribution in [-0.2, 0) is 0 Å². The Morgan fingerprint density at radius 3 is 2.67 bits per heavy atom. The number of halogens is 2. The van der Waals surface area contributed by atoms with Gasteiger partial charge in [-0.25, -0.2) is 13.8 Å². The number of aromatic amines is 1. The molecule has 0 unspecified atom stereocenters. The molecule has 0 aliphatic carbocycles. The summed E-state index contributed by atoms with van der Waals surface area (Å²) in [5.41, 5.74) is 13.4. The quantitative estimate of drug-likeness (QED) is 0.470. The highest BCUT2D eigenvalue weighted by atomic mass is 19.3. The molecule has 3 rings (SSSR count). The van der Waals surface area contributed by atoms with Crippen LogP contribution >= 0.6 is 0 Å². The van der Waals surface area contributed by atoms with E-state index in [-0.39, 0.29) is 17.3 Å². The number of hydrogen-bond donors (Lipinski definition) is 4. The lowest BCUT2D eigenvalue weighted by molar-refractivity contribution is 0.0796. The zero-order valence-corrected chi connectivity index (χ0v) is 13.9. The molecule has 3 aromatic rings. The van der Waals surface area contributed by atoms with E-state index in [0.29, 0.717) is 22.6 Å². The highest BCUT2D eigenvalue weighted by Crippen LogP contribution is 2.29. The number of pyridine rings is 1. The van der Waals surface area contributed by atoms with Gasteiger partial charge in [0.25, 0.3) is 12.3 Å². The lowest BCUT2D eigenvalue weighted by atomic mass is 10.1. The average Bonchev–Trinajstić information content (AvgIpc) is 3.04. The summed E-state index contributed by atoms with van der Waals surface area (Å²) in [4.78, 5) is 15.8. The first-order chi connectivity index (χ1) is 12.9. The van der Waals surface area contributed by atoms with E-state index in [1.54, 1.807) is 30.3 Å². The summed E-state index contributed by atoms with van der Waals surface area (Å²) >= 11 is 0. The van der Waals surface area contributed by atoms with E-state index in [1.807, 2.05) is 0 Å². The van der Waals surface area contributed by atoms with E-state index in [2.05, 4.69) is 20.5 Å². The lowest BCUT2D eigenvalue weighted by Gasteiger charge is -2.08.